The summed E-state index contributed by atoms with van der Waals surface area (Å²) in [4.78, 5) is 0.325. The second kappa shape index (κ2) is 5.04. The van der Waals surface area contributed by atoms with Gasteiger partial charge in [-0.25, -0.2) is 4.21 Å². The lowest BCUT2D eigenvalue weighted by molar-refractivity contribution is 0.572. The third-order valence-corrected chi connectivity index (χ3v) is 1.69. The molecule has 0 aromatic heterocycles. The van der Waals surface area contributed by atoms with Crippen molar-refractivity contribution < 1.29 is 8.76 Å². The molecule has 1 N–H and O–H groups in total. The predicted octanol–water partition coefficient (Wildman–Crippen LogP) is 2.24. The molecule has 1 unspecified atom stereocenters. The van der Waals surface area contributed by atoms with E-state index in [4.69, 9.17) is 4.55 Å². The quantitative estimate of drug-likeness (QED) is 0.523. The maximum atomic E-state index is 10.5. The van der Waals surface area contributed by atoms with Crippen LogP contribution in [0.1, 0.15) is 13.8 Å². The molecule has 0 aromatic carbocycles. The van der Waals surface area contributed by atoms with Crippen LogP contribution >= 0.6 is 0 Å². The highest BCUT2D eigenvalue weighted by Gasteiger charge is 1.95. The van der Waals surface area contributed by atoms with E-state index in [9.17, 15) is 4.21 Å². The molecule has 0 bridgehead atoms. The summed E-state index contributed by atoms with van der Waals surface area (Å²) >= 11 is -1.92. The van der Waals surface area contributed by atoms with Crippen molar-refractivity contribution >= 4 is 11.1 Å². The van der Waals surface area contributed by atoms with Crippen LogP contribution < -0.4 is 0 Å². The third kappa shape index (κ3) is 4.70. The molecule has 0 saturated heterocycles. The molecule has 0 aliphatic heterocycles. The Labute approximate surface area is 69.6 Å². The molecule has 0 aliphatic carbocycles. The third-order valence-electron chi connectivity index (χ3n) is 0.984. The van der Waals surface area contributed by atoms with Gasteiger partial charge in [0.05, 0.1) is 4.91 Å². The fourth-order valence-electron chi connectivity index (χ4n) is 0.446. The fourth-order valence-corrected chi connectivity index (χ4v) is 0.773. The maximum Gasteiger partial charge on any atom is 0.186 e. The Hall–Kier alpha value is -0.670. The van der Waals surface area contributed by atoms with E-state index in [0.717, 1.165) is 5.57 Å². The van der Waals surface area contributed by atoms with Crippen LogP contribution in [-0.2, 0) is 11.1 Å². The van der Waals surface area contributed by atoms with Crippen molar-refractivity contribution in [2.75, 3.05) is 0 Å². The predicted molar refractivity (Wildman–Crippen MR) is 48.5 cm³/mol. The van der Waals surface area contributed by atoms with Crippen molar-refractivity contribution in [1.82, 2.24) is 0 Å². The lowest BCUT2D eigenvalue weighted by Gasteiger charge is -1.91. The first-order valence-electron chi connectivity index (χ1n) is 3.16. The molecular formula is C8H12O2S. The SMILES string of the molecule is C=CC(=CC=C(C)C)S(=O)O. The lowest BCUT2D eigenvalue weighted by atomic mass is 10.3. The van der Waals surface area contributed by atoms with Gasteiger partial charge in [-0.1, -0.05) is 24.3 Å². The lowest BCUT2D eigenvalue weighted by Crippen LogP contribution is -1.87. The molecule has 62 valence electrons. The van der Waals surface area contributed by atoms with Crippen molar-refractivity contribution in [3.05, 3.63) is 35.3 Å². The highest BCUT2D eigenvalue weighted by molar-refractivity contribution is 7.83. The Morgan fingerprint density at radius 2 is 2.00 bits per heavy atom. The van der Waals surface area contributed by atoms with Crippen molar-refractivity contribution in [3.8, 4) is 0 Å². The normalized spacial score (nSPS) is 13.9. The Balaban J connectivity index is 4.50. The molecule has 1 atom stereocenters. The first-order valence-corrected chi connectivity index (χ1v) is 4.27. The first kappa shape index (κ1) is 10.3. The summed E-state index contributed by atoms with van der Waals surface area (Å²) in [6.45, 7) is 7.24. The smallest absolute Gasteiger partial charge is 0.186 e. The largest absolute Gasteiger partial charge is 0.302 e. The van der Waals surface area contributed by atoms with Crippen LogP contribution in [0.2, 0.25) is 0 Å². The van der Waals surface area contributed by atoms with E-state index in [2.05, 4.69) is 6.58 Å². The number of hydrogen-bond acceptors (Lipinski definition) is 1. The van der Waals surface area contributed by atoms with Crippen LogP contribution in [0.3, 0.4) is 0 Å². The second-order valence-corrected chi connectivity index (χ2v) is 3.24. The molecule has 0 fully saturated rings. The van der Waals surface area contributed by atoms with E-state index in [1.165, 1.54) is 6.08 Å². The van der Waals surface area contributed by atoms with E-state index in [-0.39, 0.29) is 0 Å². The van der Waals surface area contributed by atoms with Crippen LogP contribution in [0, 0.1) is 0 Å². The van der Waals surface area contributed by atoms with E-state index >= 15 is 0 Å². The molecule has 0 saturated carbocycles. The van der Waals surface area contributed by atoms with Crippen LogP contribution in [0.25, 0.3) is 0 Å². The van der Waals surface area contributed by atoms with Gasteiger partial charge in [0.1, 0.15) is 0 Å². The molecule has 0 aromatic rings. The molecular weight excluding hydrogens is 160 g/mol. The molecule has 0 spiro atoms. The van der Waals surface area contributed by atoms with E-state index in [1.54, 1.807) is 12.2 Å². The molecule has 0 aliphatic rings. The average Bonchev–Trinajstić information content (AvgIpc) is 1.87. The van der Waals surface area contributed by atoms with Crippen LogP contribution in [0.4, 0.5) is 0 Å². The summed E-state index contributed by atoms with van der Waals surface area (Å²) < 4.78 is 19.1. The van der Waals surface area contributed by atoms with Gasteiger partial charge in [-0.05, 0) is 19.9 Å². The van der Waals surface area contributed by atoms with Gasteiger partial charge in [0.25, 0.3) is 0 Å². The monoisotopic (exact) mass is 172 g/mol. The topological polar surface area (TPSA) is 37.3 Å². The van der Waals surface area contributed by atoms with Crippen LogP contribution in [-0.4, -0.2) is 8.76 Å². The van der Waals surface area contributed by atoms with Crippen molar-refractivity contribution in [1.29, 1.82) is 0 Å². The van der Waals surface area contributed by atoms with Crippen LogP contribution in [0.5, 0.6) is 0 Å². The van der Waals surface area contributed by atoms with Gasteiger partial charge >= 0.3 is 0 Å². The zero-order valence-corrected chi connectivity index (χ0v) is 7.52. The van der Waals surface area contributed by atoms with Crippen molar-refractivity contribution in [3.63, 3.8) is 0 Å². The molecule has 0 amide bonds. The summed E-state index contributed by atoms with van der Waals surface area (Å²) in [7, 11) is 0. The summed E-state index contributed by atoms with van der Waals surface area (Å²) in [6, 6.07) is 0. The number of rotatable bonds is 3. The Morgan fingerprint density at radius 1 is 1.45 bits per heavy atom. The van der Waals surface area contributed by atoms with Gasteiger partial charge in [-0.3, -0.25) is 0 Å². The zero-order valence-electron chi connectivity index (χ0n) is 6.70. The highest BCUT2D eigenvalue weighted by Crippen LogP contribution is 2.01. The van der Waals surface area contributed by atoms with Crippen molar-refractivity contribution in [2.24, 2.45) is 0 Å². The van der Waals surface area contributed by atoms with Gasteiger partial charge < -0.3 is 4.55 Å². The molecule has 3 heteroatoms. The number of hydrogen-bond donors (Lipinski definition) is 1. The molecule has 2 nitrogen and oxygen atoms in total. The Morgan fingerprint density at radius 3 is 2.27 bits per heavy atom. The minimum atomic E-state index is -1.92. The zero-order chi connectivity index (χ0) is 8.85. The first-order chi connectivity index (χ1) is 5.07. The van der Waals surface area contributed by atoms with Crippen LogP contribution in [0.15, 0.2) is 35.3 Å². The summed E-state index contributed by atoms with van der Waals surface area (Å²) in [5.74, 6) is 0. The van der Waals surface area contributed by atoms with E-state index < -0.39 is 11.1 Å². The maximum absolute atomic E-state index is 10.5. The van der Waals surface area contributed by atoms with Gasteiger partial charge in [0.2, 0.25) is 0 Å². The molecule has 0 rings (SSSR count). The number of allylic oxidation sites excluding steroid dienone is 4. The van der Waals surface area contributed by atoms with E-state index in [0.29, 0.717) is 4.91 Å². The second-order valence-electron chi connectivity index (χ2n) is 2.27. The van der Waals surface area contributed by atoms with Gasteiger partial charge in [0, 0.05) is 0 Å². The average molecular weight is 172 g/mol. The van der Waals surface area contributed by atoms with Gasteiger partial charge in [-0.15, -0.1) is 0 Å². The van der Waals surface area contributed by atoms with Crippen molar-refractivity contribution in [2.45, 2.75) is 13.8 Å². The van der Waals surface area contributed by atoms with E-state index in [1.807, 2.05) is 13.8 Å². The van der Waals surface area contributed by atoms with Gasteiger partial charge in [-0.2, -0.15) is 0 Å². The Kier molecular flexibility index (Phi) is 4.74. The highest BCUT2D eigenvalue weighted by atomic mass is 32.2. The van der Waals surface area contributed by atoms with Gasteiger partial charge in [0.15, 0.2) is 11.1 Å². The molecule has 0 heterocycles. The summed E-state index contributed by atoms with van der Waals surface area (Å²) in [5, 5.41) is 0. The summed E-state index contributed by atoms with van der Waals surface area (Å²) in [6.07, 6.45) is 4.72. The summed E-state index contributed by atoms with van der Waals surface area (Å²) in [5.41, 5.74) is 1.08. The minimum absolute atomic E-state index is 0.325. The molecule has 11 heavy (non-hydrogen) atoms. The fraction of sp³-hybridized carbons (Fsp3) is 0.250. The standard InChI is InChI=1S/C8H12O2S/c1-4-8(11(9)10)6-5-7(2)3/h4-6H,1H2,2-3H3,(H,9,10). The Bertz CT molecular complexity index is 222. The minimum Gasteiger partial charge on any atom is -0.302 e. The molecule has 0 radical (unpaired) electrons.